The average Bonchev–Trinajstić information content (AvgIpc) is 2.79. The Balaban J connectivity index is 1.59. The van der Waals surface area contributed by atoms with Crippen molar-refractivity contribution in [2.45, 2.75) is 32.4 Å². The van der Waals surface area contributed by atoms with Gasteiger partial charge in [0, 0.05) is 42.0 Å². The molecule has 0 saturated heterocycles. The molecule has 1 aliphatic rings. The number of halogens is 1. The minimum atomic E-state index is -0.347. The number of amides is 2. The van der Waals surface area contributed by atoms with Crippen molar-refractivity contribution in [3.63, 3.8) is 0 Å². The average molecular weight is 465 g/mol. The van der Waals surface area contributed by atoms with Crippen molar-refractivity contribution in [3.05, 3.63) is 87.9 Å². The maximum Gasteiger partial charge on any atom is 0.262 e. The molecule has 0 fully saturated rings. The summed E-state index contributed by atoms with van der Waals surface area (Å²) in [5.74, 6) is -0.836. The molecule has 0 saturated carbocycles. The van der Waals surface area contributed by atoms with Crippen LogP contribution in [-0.2, 0) is 13.0 Å². The number of nitrogens with zero attached hydrogens (tertiary/aromatic N) is 2. The normalized spacial score (nSPS) is 15.1. The SMILES string of the molecule is C[C@H]1CCc2cc(C(=O)N(C)Cc3ccc(Cl)cc3)ccc2N1C(=O)c1ccc(O)cc1O. The van der Waals surface area contributed by atoms with Gasteiger partial charge in [-0.1, -0.05) is 23.7 Å². The van der Waals surface area contributed by atoms with E-state index in [9.17, 15) is 19.8 Å². The zero-order chi connectivity index (χ0) is 23.7. The lowest BCUT2D eigenvalue weighted by Gasteiger charge is -2.36. The number of phenolic OH excluding ortho intramolecular Hbond substituents is 2. The van der Waals surface area contributed by atoms with Gasteiger partial charge in [0.05, 0.1) is 5.56 Å². The van der Waals surface area contributed by atoms with Gasteiger partial charge in [0.15, 0.2) is 0 Å². The van der Waals surface area contributed by atoms with Crippen LogP contribution in [0.4, 0.5) is 5.69 Å². The monoisotopic (exact) mass is 464 g/mol. The molecule has 3 aromatic carbocycles. The molecule has 0 spiro atoms. The molecule has 3 aromatic rings. The van der Waals surface area contributed by atoms with Gasteiger partial charge >= 0.3 is 0 Å². The smallest absolute Gasteiger partial charge is 0.262 e. The van der Waals surface area contributed by atoms with E-state index >= 15 is 0 Å². The third kappa shape index (κ3) is 4.66. The van der Waals surface area contributed by atoms with Gasteiger partial charge in [0.25, 0.3) is 11.8 Å². The second-order valence-corrected chi connectivity index (χ2v) is 8.83. The summed E-state index contributed by atoms with van der Waals surface area (Å²) in [5.41, 5.74) is 3.29. The van der Waals surface area contributed by atoms with E-state index in [1.807, 2.05) is 25.1 Å². The fourth-order valence-electron chi connectivity index (χ4n) is 4.18. The second-order valence-electron chi connectivity index (χ2n) is 8.40. The van der Waals surface area contributed by atoms with Gasteiger partial charge in [-0.3, -0.25) is 9.59 Å². The fourth-order valence-corrected chi connectivity index (χ4v) is 4.31. The molecule has 1 aliphatic heterocycles. The first-order chi connectivity index (χ1) is 15.7. The van der Waals surface area contributed by atoms with E-state index in [2.05, 4.69) is 0 Å². The van der Waals surface area contributed by atoms with Crippen molar-refractivity contribution in [2.24, 2.45) is 0 Å². The van der Waals surface area contributed by atoms with Crippen molar-refractivity contribution in [1.82, 2.24) is 4.90 Å². The fraction of sp³-hybridized carbons (Fsp3) is 0.231. The van der Waals surface area contributed by atoms with E-state index in [0.29, 0.717) is 17.1 Å². The number of aryl methyl sites for hydroxylation is 1. The number of anilines is 1. The maximum atomic E-state index is 13.3. The van der Waals surface area contributed by atoms with Gasteiger partial charge in [-0.05, 0) is 73.4 Å². The number of phenols is 2. The lowest BCUT2D eigenvalue weighted by atomic mass is 9.93. The minimum Gasteiger partial charge on any atom is -0.508 e. The Morgan fingerprint density at radius 3 is 2.48 bits per heavy atom. The third-order valence-electron chi connectivity index (χ3n) is 5.97. The molecular formula is C26H25ClN2O4. The highest BCUT2D eigenvalue weighted by atomic mass is 35.5. The summed E-state index contributed by atoms with van der Waals surface area (Å²) < 4.78 is 0. The highest BCUT2D eigenvalue weighted by Gasteiger charge is 2.31. The van der Waals surface area contributed by atoms with Gasteiger partial charge in [0.1, 0.15) is 11.5 Å². The first kappa shape index (κ1) is 22.7. The second kappa shape index (κ2) is 9.16. The van der Waals surface area contributed by atoms with Crippen LogP contribution in [0.1, 0.15) is 45.2 Å². The minimum absolute atomic E-state index is 0.0765. The molecule has 1 heterocycles. The topological polar surface area (TPSA) is 81.1 Å². The molecule has 4 rings (SSSR count). The molecule has 33 heavy (non-hydrogen) atoms. The molecule has 1 atom stereocenters. The molecule has 2 N–H and O–H groups in total. The van der Waals surface area contributed by atoms with Crippen molar-refractivity contribution < 1.29 is 19.8 Å². The number of fused-ring (bicyclic) bond motifs is 1. The van der Waals surface area contributed by atoms with Crippen LogP contribution in [-0.4, -0.2) is 40.0 Å². The Labute approximate surface area is 197 Å². The third-order valence-corrected chi connectivity index (χ3v) is 6.22. The van der Waals surface area contributed by atoms with Crippen LogP contribution in [0, 0.1) is 0 Å². The molecule has 7 heteroatoms. The number of carbonyl (C=O) groups excluding carboxylic acids is 2. The Kier molecular flexibility index (Phi) is 6.29. The van der Waals surface area contributed by atoms with Gasteiger partial charge in [-0.15, -0.1) is 0 Å². The van der Waals surface area contributed by atoms with E-state index < -0.39 is 0 Å². The predicted molar refractivity (Wildman–Crippen MR) is 128 cm³/mol. The molecule has 2 amide bonds. The van der Waals surface area contributed by atoms with Crippen LogP contribution in [0.25, 0.3) is 0 Å². The van der Waals surface area contributed by atoms with E-state index in [1.54, 1.807) is 41.1 Å². The van der Waals surface area contributed by atoms with Crippen LogP contribution >= 0.6 is 11.6 Å². The first-order valence-corrected chi connectivity index (χ1v) is 11.1. The molecule has 6 nitrogen and oxygen atoms in total. The van der Waals surface area contributed by atoms with Crippen LogP contribution in [0.2, 0.25) is 5.02 Å². The Bertz CT molecular complexity index is 1210. The van der Waals surface area contributed by atoms with Gasteiger partial charge in [0.2, 0.25) is 0 Å². The highest BCUT2D eigenvalue weighted by Crippen LogP contribution is 2.35. The zero-order valence-corrected chi connectivity index (χ0v) is 19.2. The van der Waals surface area contributed by atoms with Gasteiger partial charge in [-0.2, -0.15) is 0 Å². The quantitative estimate of drug-likeness (QED) is 0.569. The van der Waals surface area contributed by atoms with E-state index in [0.717, 1.165) is 35.7 Å². The number of benzene rings is 3. The molecule has 0 unspecified atom stereocenters. The van der Waals surface area contributed by atoms with Crippen LogP contribution in [0.15, 0.2) is 60.7 Å². The van der Waals surface area contributed by atoms with Crippen LogP contribution < -0.4 is 4.90 Å². The van der Waals surface area contributed by atoms with Gasteiger partial charge in [-0.25, -0.2) is 0 Å². The Morgan fingerprint density at radius 2 is 1.79 bits per heavy atom. The molecular weight excluding hydrogens is 440 g/mol. The molecule has 0 radical (unpaired) electrons. The molecule has 0 aliphatic carbocycles. The summed E-state index contributed by atoms with van der Waals surface area (Å²) in [5, 5.41) is 20.4. The van der Waals surface area contributed by atoms with Crippen LogP contribution in [0.5, 0.6) is 11.5 Å². The number of hydrogen-bond acceptors (Lipinski definition) is 4. The van der Waals surface area contributed by atoms with E-state index in [4.69, 9.17) is 11.6 Å². The largest absolute Gasteiger partial charge is 0.508 e. The summed E-state index contributed by atoms with van der Waals surface area (Å²) in [6, 6.07) is 16.6. The van der Waals surface area contributed by atoms with Crippen molar-refractivity contribution in [1.29, 1.82) is 0 Å². The summed E-state index contributed by atoms with van der Waals surface area (Å²) in [6.45, 7) is 2.41. The van der Waals surface area contributed by atoms with Crippen molar-refractivity contribution >= 4 is 29.1 Å². The first-order valence-electron chi connectivity index (χ1n) is 10.7. The maximum absolute atomic E-state index is 13.3. The predicted octanol–water partition coefficient (Wildman–Crippen LogP) is 5.00. The molecule has 0 bridgehead atoms. The number of rotatable bonds is 4. The number of hydrogen-bond donors (Lipinski definition) is 2. The summed E-state index contributed by atoms with van der Waals surface area (Å²) >= 11 is 5.94. The standard InChI is InChI=1S/C26H25ClN2O4/c1-16-3-6-18-13-19(25(32)28(2)15-17-4-8-20(27)9-5-17)7-12-23(18)29(16)26(33)22-11-10-21(30)14-24(22)31/h4-5,7-14,16,30-31H,3,6,15H2,1-2H3/t16-/m0/s1. The summed E-state index contributed by atoms with van der Waals surface area (Å²) in [7, 11) is 1.75. The molecule has 0 aromatic heterocycles. The lowest BCUT2D eigenvalue weighted by molar-refractivity contribution is 0.0785. The van der Waals surface area contributed by atoms with Crippen molar-refractivity contribution in [2.75, 3.05) is 11.9 Å². The number of aromatic hydroxyl groups is 2. The Hall–Kier alpha value is -3.51. The zero-order valence-electron chi connectivity index (χ0n) is 18.5. The van der Waals surface area contributed by atoms with Gasteiger partial charge < -0.3 is 20.0 Å². The molecule has 170 valence electrons. The lowest BCUT2D eigenvalue weighted by Crippen LogP contribution is -2.42. The summed E-state index contributed by atoms with van der Waals surface area (Å²) in [4.78, 5) is 29.6. The van der Waals surface area contributed by atoms with Crippen molar-refractivity contribution in [3.8, 4) is 11.5 Å². The Morgan fingerprint density at radius 1 is 1.06 bits per heavy atom. The highest BCUT2D eigenvalue weighted by molar-refractivity contribution is 6.30. The summed E-state index contributed by atoms with van der Waals surface area (Å²) in [6.07, 6.45) is 1.47. The number of carbonyl (C=O) groups is 2. The van der Waals surface area contributed by atoms with Crippen LogP contribution in [0.3, 0.4) is 0 Å². The van der Waals surface area contributed by atoms with E-state index in [1.165, 1.54) is 12.1 Å². The van der Waals surface area contributed by atoms with E-state index in [-0.39, 0.29) is 34.9 Å².